The summed E-state index contributed by atoms with van der Waals surface area (Å²) in [6, 6.07) is 20.6. The van der Waals surface area contributed by atoms with Crippen molar-refractivity contribution in [2.75, 3.05) is 0 Å². The molecule has 0 saturated heterocycles. The van der Waals surface area contributed by atoms with Gasteiger partial charge in [-0.3, -0.25) is 0 Å². The van der Waals surface area contributed by atoms with E-state index in [-0.39, 0.29) is 0 Å². The Morgan fingerprint density at radius 1 is 0.950 bits per heavy atom. The van der Waals surface area contributed by atoms with E-state index in [1.807, 2.05) is 11.3 Å². The van der Waals surface area contributed by atoms with Crippen molar-refractivity contribution in [3.8, 4) is 10.4 Å². The molecular weight excluding hydrogens is 262 g/mol. The number of benzene rings is 2. The topological polar surface area (TPSA) is 12.0 Å². The Kier molecular flexibility index (Phi) is 3.06. The lowest BCUT2D eigenvalue weighted by atomic mass is 10.1. The monoisotopic (exact) mass is 279 g/mol. The van der Waals surface area contributed by atoms with E-state index in [1.165, 1.54) is 38.9 Å². The van der Waals surface area contributed by atoms with Gasteiger partial charge in [0.25, 0.3) is 0 Å². The molecule has 3 aromatic rings. The van der Waals surface area contributed by atoms with Crippen molar-refractivity contribution >= 4 is 22.1 Å². The Morgan fingerprint density at radius 2 is 1.80 bits per heavy atom. The molecule has 0 bridgehead atoms. The highest BCUT2D eigenvalue weighted by Crippen LogP contribution is 2.31. The molecule has 0 amide bonds. The lowest BCUT2D eigenvalue weighted by Gasteiger charge is -2.02. The molecule has 0 unspecified atom stereocenters. The van der Waals surface area contributed by atoms with Gasteiger partial charge in [-0.05, 0) is 47.4 Å². The predicted molar refractivity (Wildman–Crippen MR) is 87.1 cm³/mol. The predicted octanol–water partition coefficient (Wildman–Crippen LogP) is 4.82. The number of thiophene rings is 1. The van der Waals surface area contributed by atoms with E-state index in [0.717, 1.165) is 12.6 Å². The van der Waals surface area contributed by atoms with E-state index < -0.39 is 0 Å². The molecule has 0 radical (unpaired) electrons. The second-order valence-electron chi connectivity index (χ2n) is 5.48. The number of fused-ring (bicyclic) bond motifs is 1. The van der Waals surface area contributed by atoms with Gasteiger partial charge in [0.1, 0.15) is 0 Å². The molecule has 1 aliphatic carbocycles. The summed E-state index contributed by atoms with van der Waals surface area (Å²) in [5, 5.41) is 6.20. The zero-order valence-corrected chi connectivity index (χ0v) is 12.1. The first kappa shape index (κ1) is 12.1. The van der Waals surface area contributed by atoms with Gasteiger partial charge in [0.15, 0.2) is 0 Å². The fourth-order valence-electron chi connectivity index (χ4n) is 2.50. The highest BCUT2D eigenvalue weighted by atomic mass is 32.1. The molecule has 4 rings (SSSR count). The largest absolute Gasteiger partial charge is 0.309 e. The third-order valence-electron chi connectivity index (χ3n) is 3.84. The smallest absolute Gasteiger partial charge is 0.0346 e. The normalized spacial score (nSPS) is 14.8. The minimum Gasteiger partial charge on any atom is -0.309 e. The zero-order valence-electron chi connectivity index (χ0n) is 11.3. The lowest BCUT2D eigenvalue weighted by Crippen LogP contribution is -2.14. The van der Waals surface area contributed by atoms with Gasteiger partial charge in [0, 0.05) is 22.3 Å². The van der Waals surface area contributed by atoms with Gasteiger partial charge in [0.05, 0.1) is 0 Å². The summed E-state index contributed by atoms with van der Waals surface area (Å²) in [4.78, 5) is 2.79. The van der Waals surface area contributed by atoms with Gasteiger partial charge in [0.2, 0.25) is 0 Å². The Balaban J connectivity index is 1.60. The molecule has 100 valence electrons. The molecule has 1 aliphatic rings. The maximum Gasteiger partial charge on any atom is 0.0346 e. The molecule has 20 heavy (non-hydrogen) atoms. The molecule has 1 N–H and O–H groups in total. The summed E-state index contributed by atoms with van der Waals surface area (Å²) in [6.45, 7) is 1.02. The quantitative estimate of drug-likeness (QED) is 0.722. The SMILES string of the molecule is c1ccc2cc(-c3ccc(CNC4CC4)s3)ccc2c1. The average Bonchev–Trinajstić information content (AvgIpc) is 3.21. The third kappa shape index (κ3) is 2.49. The highest BCUT2D eigenvalue weighted by Gasteiger charge is 2.20. The second-order valence-corrected chi connectivity index (χ2v) is 6.65. The molecular formula is C18H17NS. The van der Waals surface area contributed by atoms with Crippen molar-refractivity contribution in [2.45, 2.75) is 25.4 Å². The Labute approximate surface area is 123 Å². The standard InChI is InChI=1S/C18H17NS/c1-2-4-14-11-15(6-5-13(14)3-1)18-10-9-17(20-18)12-19-16-7-8-16/h1-6,9-11,16,19H,7-8,12H2. The van der Waals surface area contributed by atoms with Gasteiger partial charge in [-0.1, -0.05) is 36.4 Å². The summed E-state index contributed by atoms with van der Waals surface area (Å²) < 4.78 is 0. The Bertz CT molecular complexity index is 740. The van der Waals surface area contributed by atoms with Crippen LogP contribution in [0.5, 0.6) is 0 Å². The van der Waals surface area contributed by atoms with Crippen LogP contribution in [0.25, 0.3) is 21.2 Å². The first-order chi connectivity index (χ1) is 9.88. The van der Waals surface area contributed by atoms with Gasteiger partial charge in [-0.25, -0.2) is 0 Å². The van der Waals surface area contributed by atoms with Crippen LogP contribution >= 0.6 is 11.3 Å². The van der Waals surface area contributed by atoms with Crippen LogP contribution in [0, 0.1) is 0 Å². The maximum absolute atomic E-state index is 3.58. The van der Waals surface area contributed by atoms with Crippen LogP contribution in [0.4, 0.5) is 0 Å². The van der Waals surface area contributed by atoms with E-state index in [4.69, 9.17) is 0 Å². The summed E-state index contributed by atoms with van der Waals surface area (Å²) in [5.41, 5.74) is 1.33. The van der Waals surface area contributed by atoms with Crippen LogP contribution in [0.2, 0.25) is 0 Å². The summed E-state index contributed by atoms with van der Waals surface area (Å²) in [7, 11) is 0. The number of hydrogen-bond donors (Lipinski definition) is 1. The number of nitrogens with one attached hydrogen (secondary N) is 1. The van der Waals surface area contributed by atoms with Crippen molar-refractivity contribution in [1.29, 1.82) is 0 Å². The first-order valence-corrected chi connectivity index (χ1v) is 8.01. The van der Waals surface area contributed by atoms with Crippen LogP contribution in [-0.4, -0.2) is 6.04 Å². The number of hydrogen-bond acceptors (Lipinski definition) is 2. The molecule has 1 saturated carbocycles. The van der Waals surface area contributed by atoms with Crippen molar-refractivity contribution in [2.24, 2.45) is 0 Å². The number of rotatable bonds is 4. The molecule has 0 aliphatic heterocycles. The minimum atomic E-state index is 0.779. The Morgan fingerprint density at radius 3 is 2.65 bits per heavy atom. The molecule has 0 spiro atoms. The summed E-state index contributed by atoms with van der Waals surface area (Å²) >= 11 is 1.90. The van der Waals surface area contributed by atoms with Gasteiger partial charge in [-0.2, -0.15) is 0 Å². The summed E-state index contributed by atoms with van der Waals surface area (Å²) in [5.74, 6) is 0. The van der Waals surface area contributed by atoms with Crippen molar-refractivity contribution in [3.05, 3.63) is 59.5 Å². The second kappa shape index (κ2) is 5.04. The van der Waals surface area contributed by atoms with E-state index in [0.29, 0.717) is 0 Å². The zero-order chi connectivity index (χ0) is 13.4. The molecule has 1 nitrogen and oxygen atoms in total. The van der Waals surface area contributed by atoms with E-state index in [2.05, 4.69) is 59.9 Å². The van der Waals surface area contributed by atoms with Gasteiger partial charge in [-0.15, -0.1) is 11.3 Å². The van der Waals surface area contributed by atoms with Gasteiger partial charge < -0.3 is 5.32 Å². The van der Waals surface area contributed by atoms with E-state index >= 15 is 0 Å². The molecule has 2 heteroatoms. The Hall–Kier alpha value is -1.64. The van der Waals surface area contributed by atoms with Crippen LogP contribution in [-0.2, 0) is 6.54 Å². The molecule has 0 atom stereocenters. The molecule has 1 heterocycles. The van der Waals surface area contributed by atoms with Crippen LogP contribution in [0.15, 0.2) is 54.6 Å². The summed E-state index contributed by atoms with van der Waals surface area (Å²) in [6.07, 6.45) is 2.70. The minimum absolute atomic E-state index is 0.779. The van der Waals surface area contributed by atoms with Crippen molar-refractivity contribution in [3.63, 3.8) is 0 Å². The average molecular weight is 279 g/mol. The first-order valence-electron chi connectivity index (χ1n) is 7.20. The fourth-order valence-corrected chi connectivity index (χ4v) is 3.46. The fraction of sp³-hybridized carbons (Fsp3) is 0.222. The molecule has 2 aromatic carbocycles. The highest BCUT2D eigenvalue weighted by molar-refractivity contribution is 7.15. The van der Waals surface area contributed by atoms with Gasteiger partial charge >= 0.3 is 0 Å². The van der Waals surface area contributed by atoms with E-state index in [1.54, 1.807) is 0 Å². The third-order valence-corrected chi connectivity index (χ3v) is 4.97. The maximum atomic E-state index is 3.58. The molecule has 1 aromatic heterocycles. The molecule has 1 fully saturated rings. The van der Waals surface area contributed by atoms with Crippen LogP contribution < -0.4 is 5.32 Å². The van der Waals surface area contributed by atoms with Crippen molar-refractivity contribution in [1.82, 2.24) is 5.32 Å². The van der Waals surface area contributed by atoms with E-state index in [9.17, 15) is 0 Å². The van der Waals surface area contributed by atoms with Crippen molar-refractivity contribution < 1.29 is 0 Å². The van der Waals surface area contributed by atoms with Crippen LogP contribution in [0.3, 0.4) is 0 Å². The lowest BCUT2D eigenvalue weighted by molar-refractivity contribution is 0.695. The van der Waals surface area contributed by atoms with Crippen LogP contribution in [0.1, 0.15) is 17.7 Å².